The average molecular weight is 678 g/mol. The summed E-state index contributed by atoms with van der Waals surface area (Å²) in [5, 5.41) is 20.9. The number of hydrogen-bond donors (Lipinski definition) is 1. The number of benzene rings is 3. The van der Waals surface area contributed by atoms with Gasteiger partial charge in [-0.2, -0.15) is 14.8 Å². The summed E-state index contributed by atoms with van der Waals surface area (Å²) in [6, 6.07) is 13.4. The number of rotatable bonds is 7. The molecule has 0 spiro atoms. The largest absolute Gasteiger partial charge is 1.00 e. The monoisotopic (exact) mass is 677 g/mol. The van der Waals surface area contributed by atoms with Crippen molar-refractivity contribution in [2.45, 2.75) is 31.7 Å². The van der Waals surface area contributed by atoms with Crippen molar-refractivity contribution in [3.05, 3.63) is 103 Å². The Kier molecular flexibility index (Phi) is 9.11. The van der Waals surface area contributed by atoms with Crippen LogP contribution in [0, 0.1) is 11.6 Å². The highest BCUT2D eigenvalue weighted by atomic mass is 35.5. The predicted molar refractivity (Wildman–Crippen MR) is 163 cm³/mol. The Morgan fingerprint density at radius 3 is 2.25 bits per heavy atom. The summed E-state index contributed by atoms with van der Waals surface area (Å²) in [5.74, 6) is 1.62. The molecule has 0 atom stereocenters. The van der Waals surface area contributed by atoms with Crippen LogP contribution in [0.3, 0.4) is 0 Å². The fraction of sp³-hybridized carbons (Fsp3) is 0.242. The van der Waals surface area contributed by atoms with Crippen molar-refractivity contribution in [1.82, 2.24) is 29.5 Å². The van der Waals surface area contributed by atoms with Gasteiger partial charge in [-0.1, -0.05) is 6.07 Å². The van der Waals surface area contributed by atoms with Gasteiger partial charge < -0.3 is 36.5 Å². The normalized spacial score (nSPS) is 12.8. The number of ether oxygens (including phenoxy) is 4. The lowest BCUT2D eigenvalue weighted by Crippen LogP contribution is -3.00. The van der Waals surface area contributed by atoms with E-state index in [9.17, 15) is 13.9 Å². The van der Waals surface area contributed by atoms with Gasteiger partial charge in [0, 0.05) is 24.1 Å². The molecule has 0 aliphatic carbocycles. The van der Waals surface area contributed by atoms with Gasteiger partial charge in [0.15, 0.2) is 35.7 Å². The number of aryl methyl sites for hydroxylation is 2. The van der Waals surface area contributed by atoms with Crippen molar-refractivity contribution in [2.75, 3.05) is 21.0 Å². The van der Waals surface area contributed by atoms with Gasteiger partial charge in [-0.05, 0) is 41.3 Å². The van der Waals surface area contributed by atoms with Crippen LogP contribution in [0.15, 0.2) is 80.0 Å². The second kappa shape index (κ2) is 13.4. The van der Waals surface area contributed by atoms with Gasteiger partial charge >= 0.3 is 0 Å². The molecular weight excluding hydrogens is 648 g/mol. The van der Waals surface area contributed by atoms with E-state index in [0.29, 0.717) is 6.79 Å². The lowest BCUT2D eigenvalue weighted by atomic mass is 9.93. The standard InChI is InChI=1S/C20H18NO4.C13H12F2N6O.ClH/c1-22-17-4-3-12-7-16-14-9-19-18(24-11-25-19)8-13(14)5-6-21(16)10-15(12)20(17)23-2;14-10-1-2-11(12(15)3-10)13(22,4-20-8-16-6-18-20)5-21-9-17-7-19-21;/h3-4,7-10H,5-6,11H2,1-2H3;1-3,6-9,22H,4-5H2;1H/q+1;;/p-1. The quantitative estimate of drug-likeness (QED) is 0.245. The zero-order valence-corrected chi connectivity index (χ0v) is 26.6. The molecule has 0 fully saturated rings. The molecule has 2 aliphatic heterocycles. The number of nitrogens with zero attached hydrogens (tertiary/aromatic N) is 7. The molecular formula is C33H30ClF2N7O5. The maximum absolute atomic E-state index is 14.1. The third kappa shape index (κ3) is 6.19. The summed E-state index contributed by atoms with van der Waals surface area (Å²) in [7, 11) is 3.34. The lowest BCUT2D eigenvalue weighted by molar-refractivity contribution is -0.686. The Bertz CT molecular complexity index is 2030. The smallest absolute Gasteiger partial charge is 0.231 e. The molecule has 12 nitrogen and oxygen atoms in total. The van der Waals surface area contributed by atoms with Crippen LogP contribution in [-0.2, 0) is 31.7 Å². The first kappa shape index (κ1) is 32.6. The van der Waals surface area contributed by atoms with Gasteiger partial charge in [0.1, 0.15) is 42.5 Å². The summed E-state index contributed by atoms with van der Waals surface area (Å²) in [6.45, 7) is 1.07. The molecule has 3 aromatic heterocycles. The molecule has 15 heteroatoms. The van der Waals surface area contributed by atoms with Gasteiger partial charge in [-0.3, -0.25) is 0 Å². The summed E-state index contributed by atoms with van der Waals surface area (Å²) in [6.07, 6.45) is 8.51. The van der Waals surface area contributed by atoms with E-state index in [2.05, 4.69) is 55.2 Å². The second-order valence-corrected chi connectivity index (χ2v) is 11.1. The molecule has 6 aromatic rings. The Morgan fingerprint density at radius 2 is 1.62 bits per heavy atom. The van der Waals surface area contributed by atoms with Crippen molar-refractivity contribution in [3.8, 4) is 34.3 Å². The Hall–Kier alpha value is -5.34. The number of methoxy groups -OCH3 is 2. The Morgan fingerprint density at radius 1 is 0.917 bits per heavy atom. The molecule has 8 rings (SSSR count). The molecule has 248 valence electrons. The molecule has 1 N–H and O–H groups in total. The summed E-state index contributed by atoms with van der Waals surface area (Å²) < 4.78 is 54.3. The van der Waals surface area contributed by atoms with Gasteiger partial charge in [-0.15, -0.1) is 0 Å². The van der Waals surface area contributed by atoms with Crippen LogP contribution < -0.4 is 35.9 Å². The molecule has 0 bridgehead atoms. The molecule has 0 saturated carbocycles. The van der Waals surface area contributed by atoms with Gasteiger partial charge in [0.25, 0.3) is 0 Å². The van der Waals surface area contributed by atoms with Crippen molar-refractivity contribution in [1.29, 1.82) is 0 Å². The minimum atomic E-state index is -1.70. The van der Waals surface area contributed by atoms with Crippen molar-refractivity contribution in [2.24, 2.45) is 0 Å². The average Bonchev–Trinajstić information content (AvgIpc) is 3.86. The minimum absolute atomic E-state index is 0. The number of halogens is 3. The van der Waals surface area contributed by atoms with Crippen molar-refractivity contribution >= 4 is 10.8 Å². The van der Waals surface area contributed by atoms with E-state index in [1.807, 2.05) is 6.07 Å². The molecule has 3 aromatic carbocycles. The predicted octanol–water partition coefficient (Wildman–Crippen LogP) is 0.836. The van der Waals surface area contributed by atoms with Crippen LogP contribution in [0.1, 0.15) is 11.1 Å². The first-order chi connectivity index (χ1) is 22.8. The van der Waals surface area contributed by atoms with E-state index in [0.717, 1.165) is 58.9 Å². The van der Waals surface area contributed by atoms with E-state index in [1.54, 1.807) is 14.2 Å². The third-order valence-electron chi connectivity index (χ3n) is 8.21. The number of pyridine rings is 1. The van der Waals surface area contributed by atoms with Gasteiger partial charge in [0.05, 0.1) is 38.3 Å². The molecule has 48 heavy (non-hydrogen) atoms. The van der Waals surface area contributed by atoms with E-state index >= 15 is 0 Å². The zero-order chi connectivity index (χ0) is 32.5. The fourth-order valence-electron chi connectivity index (χ4n) is 6.02. The topological polar surface area (TPSA) is 122 Å². The Labute approximate surface area is 279 Å². The number of aromatic nitrogens is 7. The summed E-state index contributed by atoms with van der Waals surface area (Å²) in [4.78, 5) is 7.57. The van der Waals surface area contributed by atoms with E-state index < -0.39 is 17.2 Å². The molecule has 5 heterocycles. The highest BCUT2D eigenvalue weighted by Crippen LogP contribution is 2.41. The van der Waals surface area contributed by atoms with Crippen LogP contribution >= 0.6 is 0 Å². The van der Waals surface area contributed by atoms with Crippen LogP contribution in [0.2, 0.25) is 0 Å². The maximum Gasteiger partial charge on any atom is 0.231 e. The highest BCUT2D eigenvalue weighted by molar-refractivity contribution is 5.91. The van der Waals surface area contributed by atoms with E-state index in [1.165, 1.54) is 57.6 Å². The van der Waals surface area contributed by atoms with Crippen molar-refractivity contribution in [3.63, 3.8) is 0 Å². The fourth-order valence-corrected chi connectivity index (χ4v) is 6.02. The lowest BCUT2D eigenvalue weighted by Gasteiger charge is -2.28. The molecule has 0 saturated heterocycles. The SMILES string of the molecule is COc1ccc2cc3[n+](cc2c1OC)CCc1cc2c(cc1-3)OCO2.OC(Cn1cncn1)(Cn1cncn1)c1ccc(F)cc1F.[Cl-]. The maximum atomic E-state index is 14.1. The van der Waals surface area contributed by atoms with Crippen LogP contribution in [0.25, 0.3) is 22.0 Å². The van der Waals surface area contributed by atoms with E-state index in [4.69, 9.17) is 18.9 Å². The number of aliphatic hydroxyl groups is 1. The molecule has 2 aliphatic rings. The van der Waals surface area contributed by atoms with Crippen LogP contribution in [0.4, 0.5) is 8.78 Å². The second-order valence-electron chi connectivity index (χ2n) is 11.1. The summed E-state index contributed by atoms with van der Waals surface area (Å²) in [5.41, 5.74) is 1.93. The molecule has 0 amide bonds. The van der Waals surface area contributed by atoms with Crippen LogP contribution in [-0.4, -0.2) is 55.6 Å². The Balaban J connectivity index is 0.000000165. The third-order valence-corrected chi connectivity index (χ3v) is 8.21. The van der Waals surface area contributed by atoms with Gasteiger partial charge in [0.2, 0.25) is 12.5 Å². The highest BCUT2D eigenvalue weighted by Gasteiger charge is 2.34. The molecule has 0 radical (unpaired) electrons. The minimum Gasteiger partial charge on any atom is -1.00 e. The van der Waals surface area contributed by atoms with Crippen LogP contribution in [0.5, 0.6) is 23.0 Å². The van der Waals surface area contributed by atoms with Crippen molar-refractivity contribution < 1.29 is 49.8 Å². The van der Waals surface area contributed by atoms with Gasteiger partial charge in [-0.25, -0.2) is 28.1 Å². The number of hydrogen-bond acceptors (Lipinski definition) is 9. The first-order valence-electron chi connectivity index (χ1n) is 14.7. The summed E-state index contributed by atoms with van der Waals surface area (Å²) >= 11 is 0. The van der Waals surface area contributed by atoms with E-state index in [-0.39, 0.29) is 31.1 Å². The first-order valence-corrected chi connectivity index (χ1v) is 14.7. The number of fused-ring (bicyclic) bond motifs is 5. The molecule has 0 unspecified atom stereocenters. The zero-order valence-electron chi connectivity index (χ0n) is 25.9.